The van der Waals surface area contributed by atoms with Gasteiger partial charge in [-0.2, -0.15) is 0 Å². The van der Waals surface area contributed by atoms with Gasteiger partial charge in [-0.1, -0.05) is 12.1 Å². The molecule has 3 rings (SSSR count). The maximum Gasteiger partial charge on any atom is 0.233 e. The van der Waals surface area contributed by atoms with E-state index in [-0.39, 0.29) is 18.2 Å². The first-order chi connectivity index (χ1) is 12.5. The highest BCUT2D eigenvalue weighted by Crippen LogP contribution is 2.15. The molecule has 6 nitrogen and oxygen atoms in total. The number of pyridine rings is 1. The number of aryl methyl sites for hydroxylation is 2. The molecule has 26 heavy (non-hydrogen) atoms. The number of carbonyl (C=O) groups is 2. The maximum absolute atomic E-state index is 12.4. The molecule has 2 amide bonds. The predicted molar refractivity (Wildman–Crippen MR) is 102 cm³/mol. The average Bonchev–Trinajstić information content (AvgIpc) is 2.65. The molecule has 0 aliphatic carbocycles. The largest absolute Gasteiger partial charge is 0.353 e. The lowest BCUT2D eigenvalue weighted by Gasteiger charge is -2.35. The van der Waals surface area contributed by atoms with E-state index in [0.29, 0.717) is 13.1 Å². The van der Waals surface area contributed by atoms with E-state index in [4.69, 9.17) is 0 Å². The van der Waals surface area contributed by atoms with E-state index in [1.807, 2.05) is 50.2 Å². The summed E-state index contributed by atoms with van der Waals surface area (Å²) in [6.45, 7) is 6.67. The Hall–Kier alpha value is -2.89. The first kappa shape index (κ1) is 17.9. The molecule has 1 aromatic heterocycles. The predicted octanol–water partition coefficient (Wildman–Crippen LogP) is 2.38. The van der Waals surface area contributed by atoms with E-state index in [1.54, 1.807) is 11.1 Å². The number of anilines is 2. The molecule has 1 fully saturated rings. The van der Waals surface area contributed by atoms with Crippen molar-refractivity contribution in [1.29, 1.82) is 0 Å². The fourth-order valence-electron chi connectivity index (χ4n) is 3.00. The van der Waals surface area contributed by atoms with E-state index in [9.17, 15) is 9.59 Å². The standard InChI is InChI=1S/C20H24N4O2/c1-15-6-7-17(13-16(15)2)22-19(25)14-20(26)24-11-9-23(10-12-24)18-5-3-4-8-21-18/h3-8,13H,9-12,14H2,1-2H3,(H,22,25). The fourth-order valence-corrected chi connectivity index (χ4v) is 3.00. The highest BCUT2D eigenvalue weighted by Gasteiger charge is 2.23. The third-order valence-electron chi connectivity index (χ3n) is 4.71. The summed E-state index contributed by atoms with van der Waals surface area (Å²) in [5, 5.41) is 2.81. The maximum atomic E-state index is 12.4. The van der Waals surface area contributed by atoms with Crippen molar-refractivity contribution in [3.8, 4) is 0 Å². The minimum Gasteiger partial charge on any atom is -0.353 e. The Kier molecular flexibility index (Phi) is 5.51. The Labute approximate surface area is 153 Å². The van der Waals surface area contributed by atoms with Crippen LogP contribution in [0.15, 0.2) is 42.6 Å². The molecule has 1 saturated heterocycles. The summed E-state index contributed by atoms with van der Waals surface area (Å²) in [6, 6.07) is 11.5. The lowest BCUT2D eigenvalue weighted by molar-refractivity contribution is -0.134. The molecule has 0 unspecified atom stereocenters. The lowest BCUT2D eigenvalue weighted by Crippen LogP contribution is -2.49. The molecule has 0 bridgehead atoms. The monoisotopic (exact) mass is 352 g/mol. The van der Waals surface area contributed by atoms with Crippen LogP contribution in [0.2, 0.25) is 0 Å². The molecule has 0 atom stereocenters. The number of nitrogens with one attached hydrogen (secondary N) is 1. The Morgan fingerprint density at radius 1 is 1.04 bits per heavy atom. The summed E-state index contributed by atoms with van der Waals surface area (Å²) < 4.78 is 0. The van der Waals surface area contributed by atoms with E-state index >= 15 is 0 Å². The summed E-state index contributed by atoms with van der Waals surface area (Å²) in [4.78, 5) is 32.8. The van der Waals surface area contributed by atoms with Gasteiger partial charge >= 0.3 is 0 Å². The third kappa shape index (κ3) is 4.39. The van der Waals surface area contributed by atoms with Crippen molar-refractivity contribution in [3.63, 3.8) is 0 Å². The number of aromatic nitrogens is 1. The summed E-state index contributed by atoms with van der Waals surface area (Å²) in [6.07, 6.45) is 1.64. The van der Waals surface area contributed by atoms with Gasteiger partial charge in [0.15, 0.2) is 0 Å². The number of rotatable bonds is 4. The second-order valence-electron chi connectivity index (χ2n) is 6.58. The van der Waals surface area contributed by atoms with Gasteiger partial charge in [-0.15, -0.1) is 0 Å². The van der Waals surface area contributed by atoms with Crippen LogP contribution in [0.25, 0.3) is 0 Å². The number of hydrogen-bond acceptors (Lipinski definition) is 4. The molecule has 1 N–H and O–H groups in total. The number of hydrogen-bond donors (Lipinski definition) is 1. The molecule has 2 heterocycles. The number of carbonyl (C=O) groups excluding carboxylic acids is 2. The summed E-state index contributed by atoms with van der Waals surface area (Å²) >= 11 is 0. The van der Waals surface area contributed by atoms with Crippen molar-refractivity contribution >= 4 is 23.3 Å². The van der Waals surface area contributed by atoms with Crippen LogP contribution in [0.3, 0.4) is 0 Å². The summed E-state index contributed by atoms with van der Waals surface area (Å²) in [5.41, 5.74) is 3.01. The first-order valence-corrected chi connectivity index (χ1v) is 8.84. The molecule has 136 valence electrons. The zero-order valence-corrected chi connectivity index (χ0v) is 15.2. The number of amides is 2. The number of benzene rings is 1. The van der Waals surface area contributed by atoms with Gasteiger partial charge < -0.3 is 15.1 Å². The number of piperazine rings is 1. The average molecular weight is 352 g/mol. The van der Waals surface area contributed by atoms with Crippen molar-refractivity contribution in [2.24, 2.45) is 0 Å². The summed E-state index contributed by atoms with van der Waals surface area (Å²) in [7, 11) is 0. The van der Waals surface area contributed by atoms with Crippen LogP contribution < -0.4 is 10.2 Å². The van der Waals surface area contributed by atoms with Gasteiger partial charge in [0.25, 0.3) is 0 Å². The lowest BCUT2D eigenvalue weighted by atomic mass is 10.1. The van der Waals surface area contributed by atoms with E-state index in [1.165, 1.54) is 5.56 Å². The molecule has 6 heteroatoms. The fraction of sp³-hybridized carbons (Fsp3) is 0.350. The molecule has 0 saturated carbocycles. The second-order valence-corrected chi connectivity index (χ2v) is 6.58. The zero-order chi connectivity index (χ0) is 18.5. The van der Waals surface area contributed by atoms with Crippen molar-refractivity contribution in [3.05, 3.63) is 53.7 Å². The Bertz CT molecular complexity index is 784. The molecule has 0 radical (unpaired) electrons. The molecule has 0 spiro atoms. The van der Waals surface area contributed by atoms with Crippen LogP contribution in [0, 0.1) is 13.8 Å². The van der Waals surface area contributed by atoms with Crippen molar-refractivity contribution in [2.45, 2.75) is 20.3 Å². The number of nitrogens with zero attached hydrogens (tertiary/aromatic N) is 3. The van der Waals surface area contributed by atoms with Crippen molar-refractivity contribution in [2.75, 3.05) is 36.4 Å². The first-order valence-electron chi connectivity index (χ1n) is 8.84. The molecular weight excluding hydrogens is 328 g/mol. The van der Waals surface area contributed by atoms with Gasteiger partial charge in [0.05, 0.1) is 0 Å². The highest BCUT2D eigenvalue weighted by molar-refractivity contribution is 6.03. The topological polar surface area (TPSA) is 65.5 Å². The Balaban J connectivity index is 1.49. The Morgan fingerprint density at radius 3 is 2.46 bits per heavy atom. The van der Waals surface area contributed by atoms with Gasteiger partial charge in [-0.05, 0) is 49.2 Å². The molecule has 1 aliphatic heterocycles. The Morgan fingerprint density at radius 2 is 1.81 bits per heavy atom. The highest BCUT2D eigenvalue weighted by atomic mass is 16.2. The SMILES string of the molecule is Cc1ccc(NC(=O)CC(=O)N2CCN(c3ccccn3)CC2)cc1C. The van der Waals surface area contributed by atoms with Crippen LogP contribution in [0.5, 0.6) is 0 Å². The van der Waals surface area contributed by atoms with Gasteiger partial charge in [-0.3, -0.25) is 9.59 Å². The van der Waals surface area contributed by atoms with E-state index < -0.39 is 0 Å². The normalized spacial score (nSPS) is 14.2. The van der Waals surface area contributed by atoms with Crippen molar-refractivity contribution < 1.29 is 9.59 Å². The van der Waals surface area contributed by atoms with Crippen LogP contribution in [0.1, 0.15) is 17.5 Å². The van der Waals surface area contributed by atoms with E-state index in [2.05, 4.69) is 15.2 Å². The minimum absolute atomic E-state index is 0.128. The minimum atomic E-state index is -0.273. The molecule has 1 aliphatic rings. The summed E-state index contributed by atoms with van der Waals surface area (Å²) in [5.74, 6) is 0.518. The second kappa shape index (κ2) is 7.99. The van der Waals surface area contributed by atoms with Crippen LogP contribution >= 0.6 is 0 Å². The zero-order valence-electron chi connectivity index (χ0n) is 15.2. The van der Waals surface area contributed by atoms with E-state index in [0.717, 1.165) is 30.2 Å². The van der Waals surface area contributed by atoms with Crippen molar-refractivity contribution in [1.82, 2.24) is 9.88 Å². The van der Waals surface area contributed by atoms with Gasteiger partial charge in [-0.25, -0.2) is 4.98 Å². The van der Waals surface area contributed by atoms with Gasteiger partial charge in [0.2, 0.25) is 11.8 Å². The third-order valence-corrected chi connectivity index (χ3v) is 4.71. The molecular formula is C20H24N4O2. The smallest absolute Gasteiger partial charge is 0.233 e. The van der Waals surface area contributed by atoms with Crippen LogP contribution in [-0.2, 0) is 9.59 Å². The van der Waals surface area contributed by atoms with Crippen LogP contribution in [-0.4, -0.2) is 47.9 Å². The van der Waals surface area contributed by atoms with Crippen LogP contribution in [0.4, 0.5) is 11.5 Å². The van der Waals surface area contributed by atoms with Gasteiger partial charge in [0.1, 0.15) is 12.2 Å². The molecule has 2 aromatic rings. The quantitative estimate of drug-likeness (QED) is 0.858. The molecule has 1 aromatic carbocycles. The van der Waals surface area contributed by atoms with Gasteiger partial charge in [0, 0.05) is 38.1 Å².